The van der Waals surface area contributed by atoms with Crippen LogP contribution in [0.4, 0.5) is 4.79 Å². The van der Waals surface area contributed by atoms with Crippen LogP contribution in [0.2, 0.25) is 0 Å². The third-order valence-corrected chi connectivity index (χ3v) is 17.5. The molecule has 3 aliphatic heterocycles. The van der Waals surface area contributed by atoms with E-state index in [1.165, 1.54) is 12.0 Å². The van der Waals surface area contributed by atoms with Crippen molar-refractivity contribution in [2.24, 2.45) is 35.5 Å². The van der Waals surface area contributed by atoms with E-state index in [2.05, 4.69) is 5.32 Å². The molecular weight excluding hydrogens is 1170 g/mol. The molecule has 2 amide bonds. The summed E-state index contributed by atoms with van der Waals surface area (Å²) in [6.45, 7) is 18.5. The fourth-order valence-electron chi connectivity index (χ4n) is 12.0. The number of alkyl carbamates (subject to hydrolysis) is 1. The van der Waals surface area contributed by atoms with Gasteiger partial charge in [-0.2, -0.15) is 0 Å². The number of ketones is 3. The smallest absolute Gasteiger partial charge is 0.407 e. The fraction of sp³-hybridized carbons (Fsp3) is 0.791. The molecule has 4 rings (SSSR count). The molecule has 0 aromatic carbocycles. The lowest BCUT2D eigenvalue weighted by molar-refractivity contribution is -0.265. The van der Waals surface area contributed by atoms with E-state index >= 15 is 0 Å². The number of allylic oxidation sites excluding steroid dienone is 6. The Bertz CT molecular complexity index is 2280. The number of aliphatic hydroxyl groups is 2. The number of carbonyl (C=O) groups excluding carboxylic acids is 6. The molecule has 3 heterocycles. The number of methoxy groups -OCH3 is 4. The number of amides is 2. The van der Waals surface area contributed by atoms with Crippen molar-refractivity contribution in [2.45, 2.75) is 180 Å². The number of piperidine rings is 1. The molecule has 23 heteroatoms. The zero-order chi connectivity index (χ0) is 66.0. The van der Waals surface area contributed by atoms with Crippen LogP contribution >= 0.6 is 0 Å². The Morgan fingerprint density at radius 1 is 0.711 bits per heavy atom. The lowest BCUT2D eigenvalue weighted by atomic mass is 9.78. The van der Waals surface area contributed by atoms with Gasteiger partial charge in [0.25, 0.3) is 11.7 Å². The highest BCUT2D eigenvalue weighted by Gasteiger charge is 2.53. The summed E-state index contributed by atoms with van der Waals surface area (Å²) >= 11 is 0. The molecule has 0 aromatic rings. The second kappa shape index (κ2) is 42.8. The van der Waals surface area contributed by atoms with E-state index in [1.807, 2.05) is 51.2 Å². The molecule has 1 saturated carbocycles. The average Bonchev–Trinajstić information content (AvgIpc) is 0.956. The van der Waals surface area contributed by atoms with Crippen LogP contribution in [-0.4, -0.2) is 232 Å². The Balaban J connectivity index is 1.40. The van der Waals surface area contributed by atoms with Crippen LogP contribution in [0, 0.1) is 35.5 Å². The molecule has 1 unspecified atom stereocenters. The van der Waals surface area contributed by atoms with Gasteiger partial charge in [0.1, 0.15) is 36.2 Å². The summed E-state index contributed by atoms with van der Waals surface area (Å²) in [6, 6.07) is -1.20. The first kappa shape index (κ1) is 78.1. The molecule has 514 valence electrons. The molecule has 15 atom stereocenters. The third kappa shape index (κ3) is 26.6. The number of carbonyl (C=O) groups is 6. The van der Waals surface area contributed by atoms with Crippen molar-refractivity contribution in [3.05, 3.63) is 47.6 Å². The molecule has 0 aromatic heterocycles. The van der Waals surface area contributed by atoms with Gasteiger partial charge in [-0.1, -0.05) is 71.1 Å². The fourth-order valence-corrected chi connectivity index (χ4v) is 12.0. The number of nitrogens with zero attached hydrogens (tertiary/aromatic N) is 1. The zero-order valence-electron chi connectivity index (χ0n) is 55.7. The van der Waals surface area contributed by atoms with Gasteiger partial charge in [-0.3, -0.25) is 19.2 Å². The number of fused-ring (bicyclic) bond motifs is 3. The molecule has 3 N–H and O–H groups in total. The SMILES string of the molecule is COCCOCCOCCOCCOCCOCCOCCNC(=O)O[C@@H]1CC[C@@H](C[C@@H](C)[C@@H]2CC(=O)[C@H](C)/C=C(\C)[C@@H](O)[C@@H](OC)C(=O)C(C)C[C@H](C)/C=C/C=C/C=C(\C)[C@@H](OC)C[C@@H]3CC[C@@H](C)[C@@](O)(O3)C(=O)C(=O)N3CCCC[C@H]3C(=O)O2)C[C@H]1OC. The first-order chi connectivity index (χ1) is 43.2. The standard InChI is InChI=1S/C67H110N2O21/c1-45-17-13-12-14-18-46(2)57(79-9)43-53-22-20-51(7)67(77,90-53)63(73)64(74)69-25-16-15-19-54(69)65(75)88-58(44-55(70)47(3)40-50(6)61(72)62(81-11)60(71)49(5)39-45)48(4)41-52-21-23-56(59(42-52)80-10)89-66(76)68-24-26-82-29-30-84-33-34-86-37-38-87-36-35-85-32-31-83-28-27-78-8/h12-14,17-18,40,45,47-49,51-54,56-59,61-62,72,77H,15-16,19-39,41-44H2,1-11H3,(H,68,76)/b14-12+,17-13+,46-18+,50-40+/t45-,47-,48-,49?,51-,52+,53+,54+,56-,57+,58+,59-,61-,62+,67-/m1/s1. The minimum absolute atomic E-state index is 0.00540. The van der Waals surface area contributed by atoms with E-state index in [0.717, 1.165) is 5.57 Å². The summed E-state index contributed by atoms with van der Waals surface area (Å²) in [6.07, 6.45) is 9.61. The minimum Gasteiger partial charge on any atom is -0.460 e. The monoisotopic (exact) mass is 1280 g/mol. The van der Waals surface area contributed by atoms with Gasteiger partial charge in [0, 0.05) is 72.1 Å². The van der Waals surface area contributed by atoms with Crippen molar-refractivity contribution in [2.75, 3.05) is 127 Å². The summed E-state index contributed by atoms with van der Waals surface area (Å²) < 4.78 is 73.7. The molecule has 23 nitrogen and oxygen atoms in total. The van der Waals surface area contributed by atoms with E-state index < -0.39 is 102 Å². The normalized spacial score (nSPS) is 32.4. The average molecular weight is 1280 g/mol. The van der Waals surface area contributed by atoms with Crippen LogP contribution in [0.3, 0.4) is 0 Å². The van der Waals surface area contributed by atoms with Crippen molar-refractivity contribution >= 4 is 35.3 Å². The minimum atomic E-state index is -2.47. The van der Waals surface area contributed by atoms with Crippen molar-refractivity contribution < 1.29 is 101 Å². The number of aliphatic hydroxyl groups excluding tert-OH is 1. The number of Topliss-reactive ketones (excluding diaryl/α,β-unsaturated/α-hetero) is 3. The van der Waals surface area contributed by atoms with Gasteiger partial charge in [0.2, 0.25) is 5.79 Å². The highest BCUT2D eigenvalue weighted by atomic mass is 16.6. The zero-order valence-corrected chi connectivity index (χ0v) is 55.7. The Labute approximate surface area is 534 Å². The predicted octanol–water partition coefficient (Wildman–Crippen LogP) is 6.66. The van der Waals surface area contributed by atoms with Gasteiger partial charge in [0.05, 0.1) is 104 Å². The molecule has 90 heavy (non-hydrogen) atoms. The number of esters is 1. The Kier molecular flexibility index (Phi) is 37.1. The van der Waals surface area contributed by atoms with Gasteiger partial charge < -0.3 is 82.0 Å². The van der Waals surface area contributed by atoms with Crippen LogP contribution < -0.4 is 5.32 Å². The number of cyclic esters (lactones) is 1. The van der Waals surface area contributed by atoms with Gasteiger partial charge in [-0.15, -0.1) is 0 Å². The van der Waals surface area contributed by atoms with E-state index in [9.17, 15) is 39.0 Å². The van der Waals surface area contributed by atoms with Crippen molar-refractivity contribution in [3.63, 3.8) is 0 Å². The van der Waals surface area contributed by atoms with Crippen molar-refractivity contribution in [1.82, 2.24) is 10.2 Å². The van der Waals surface area contributed by atoms with Gasteiger partial charge in [-0.05, 0) is 107 Å². The lowest BCUT2D eigenvalue weighted by Gasteiger charge is -2.42. The number of hydrogen-bond acceptors (Lipinski definition) is 21. The lowest BCUT2D eigenvalue weighted by Crippen LogP contribution is -2.61. The van der Waals surface area contributed by atoms with Crippen LogP contribution in [0.25, 0.3) is 0 Å². The van der Waals surface area contributed by atoms with Gasteiger partial charge in [-0.25, -0.2) is 9.59 Å². The molecule has 1 aliphatic carbocycles. The third-order valence-electron chi connectivity index (χ3n) is 17.5. The molecule has 0 spiro atoms. The topological polar surface area (TPSA) is 278 Å². The van der Waals surface area contributed by atoms with E-state index in [4.69, 9.17) is 61.6 Å². The van der Waals surface area contributed by atoms with Gasteiger partial charge >= 0.3 is 12.1 Å². The largest absolute Gasteiger partial charge is 0.460 e. The number of ether oxygens (including phenoxy) is 13. The summed E-state index contributed by atoms with van der Waals surface area (Å²) in [7, 11) is 6.12. The van der Waals surface area contributed by atoms with E-state index in [1.54, 1.807) is 55.1 Å². The van der Waals surface area contributed by atoms with E-state index in [-0.39, 0.29) is 55.9 Å². The maximum atomic E-state index is 14.7. The first-order valence-corrected chi connectivity index (χ1v) is 32.6. The van der Waals surface area contributed by atoms with Crippen molar-refractivity contribution in [1.29, 1.82) is 0 Å². The van der Waals surface area contributed by atoms with Crippen LogP contribution in [0.5, 0.6) is 0 Å². The van der Waals surface area contributed by atoms with Crippen molar-refractivity contribution in [3.8, 4) is 0 Å². The Morgan fingerprint density at radius 2 is 1.33 bits per heavy atom. The molecule has 0 radical (unpaired) electrons. The highest BCUT2D eigenvalue weighted by molar-refractivity contribution is 6.39. The maximum Gasteiger partial charge on any atom is 0.407 e. The Hall–Kier alpha value is -4.34. The second-order valence-electron chi connectivity index (χ2n) is 24.6. The van der Waals surface area contributed by atoms with Crippen LogP contribution in [0.1, 0.15) is 126 Å². The maximum absolute atomic E-state index is 14.7. The number of rotatable bonds is 28. The summed E-state index contributed by atoms with van der Waals surface area (Å²) in [5.74, 6) is -8.53. The Morgan fingerprint density at radius 3 is 1.93 bits per heavy atom. The summed E-state index contributed by atoms with van der Waals surface area (Å²) in [5.41, 5.74) is 1.22. The molecule has 4 aliphatic rings. The second-order valence-corrected chi connectivity index (χ2v) is 24.6. The summed E-state index contributed by atoms with van der Waals surface area (Å²) in [4.78, 5) is 86.0. The van der Waals surface area contributed by atoms with Crippen LogP contribution in [0.15, 0.2) is 47.6 Å². The molecule has 3 fully saturated rings. The highest BCUT2D eigenvalue weighted by Crippen LogP contribution is 2.38. The predicted molar refractivity (Wildman–Crippen MR) is 334 cm³/mol. The molecular formula is C67H110N2O21. The first-order valence-electron chi connectivity index (χ1n) is 32.6. The quantitative estimate of drug-likeness (QED) is 0.0319. The van der Waals surface area contributed by atoms with E-state index in [0.29, 0.717) is 149 Å². The van der Waals surface area contributed by atoms with Gasteiger partial charge in [0.15, 0.2) is 5.78 Å². The number of nitrogens with one attached hydrogen (secondary N) is 1. The molecule has 2 saturated heterocycles. The number of hydrogen-bond donors (Lipinski definition) is 3. The molecule has 2 bridgehead atoms. The summed E-state index contributed by atoms with van der Waals surface area (Å²) in [5, 5.41) is 26.4. The van der Waals surface area contributed by atoms with Crippen LogP contribution in [-0.2, 0) is 85.6 Å².